The number of benzene rings is 1. The van der Waals surface area contributed by atoms with Crippen LogP contribution in [0.2, 0.25) is 0 Å². The Bertz CT molecular complexity index is 541. The van der Waals surface area contributed by atoms with Gasteiger partial charge < -0.3 is 10.6 Å². The van der Waals surface area contributed by atoms with Crippen LogP contribution in [0.4, 0.5) is 11.4 Å². The van der Waals surface area contributed by atoms with Crippen LogP contribution < -0.4 is 10.6 Å². The minimum Gasteiger partial charge on any atom is -0.397 e. The van der Waals surface area contributed by atoms with Gasteiger partial charge in [0.25, 0.3) is 0 Å². The molecule has 1 aromatic heterocycles. The van der Waals surface area contributed by atoms with Gasteiger partial charge in [-0.05, 0) is 37.0 Å². The zero-order valence-corrected chi connectivity index (χ0v) is 11.2. The van der Waals surface area contributed by atoms with Crippen molar-refractivity contribution in [3.05, 3.63) is 30.9 Å². The summed E-state index contributed by atoms with van der Waals surface area (Å²) >= 11 is 0. The second-order valence-electron chi connectivity index (χ2n) is 5.28. The van der Waals surface area contributed by atoms with Gasteiger partial charge in [-0.25, -0.2) is 0 Å². The van der Waals surface area contributed by atoms with Crippen LogP contribution in [0.15, 0.2) is 30.9 Å². The first-order valence-corrected chi connectivity index (χ1v) is 6.73. The summed E-state index contributed by atoms with van der Waals surface area (Å²) in [6.07, 6.45) is 5.84. The fourth-order valence-corrected chi connectivity index (χ4v) is 2.57. The Morgan fingerprint density at radius 3 is 2.47 bits per heavy atom. The van der Waals surface area contributed by atoms with E-state index in [9.17, 15) is 0 Å². The zero-order valence-electron chi connectivity index (χ0n) is 11.2. The Labute approximate surface area is 113 Å². The quantitative estimate of drug-likeness (QED) is 0.837. The highest BCUT2D eigenvalue weighted by Gasteiger charge is 2.17. The van der Waals surface area contributed by atoms with Crippen LogP contribution in [0.3, 0.4) is 0 Å². The highest BCUT2D eigenvalue weighted by Crippen LogP contribution is 2.29. The summed E-state index contributed by atoms with van der Waals surface area (Å²) in [5, 5.41) is 7.62. The number of nitrogens with zero attached hydrogens (tertiary/aromatic N) is 4. The smallest absolute Gasteiger partial charge is 0.123 e. The molecule has 0 bridgehead atoms. The third kappa shape index (κ3) is 2.41. The number of hydrogen-bond donors (Lipinski definition) is 1. The molecule has 0 amide bonds. The largest absolute Gasteiger partial charge is 0.397 e. The Hall–Kier alpha value is -2.04. The van der Waals surface area contributed by atoms with Gasteiger partial charge >= 0.3 is 0 Å². The highest BCUT2D eigenvalue weighted by molar-refractivity contribution is 5.70. The molecule has 2 N–H and O–H groups in total. The second-order valence-corrected chi connectivity index (χ2v) is 5.28. The lowest BCUT2D eigenvalue weighted by atomic mass is 9.98. The molecule has 0 radical (unpaired) electrons. The first-order chi connectivity index (χ1) is 9.24. The molecule has 0 saturated carbocycles. The predicted octanol–water partition coefficient (Wildman–Crippen LogP) is 2.09. The summed E-state index contributed by atoms with van der Waals surface area (Å²) in [5.41, 5.74) is 9.16. The maximum absolute atomic E-state index is 6.20. The number of anilines is 2. The molecule has 1 aliphatic rings. The molecule has 5 heteroatoms. The summed E-state index contributed by atoms with van der Waals surface area (Å²) < 4.78 is 1.86. The van der Waals surface area contributed by atoms with Crippen molar-refractivity contribution in [3.63, 3.8) is 0 Å². The van der Waals surface area contributed by atoms with E-state index in [2.05, 4.69) is 34.2 Å². The third-order valence-electron chi connectivity index (χ3n) is 3.85. The number of piperidine rings is 1. The SMILES string of the molecule is CC1CCN(c2ccc(-n3cnnc3)cc2N)CC1. The van der Waals surface area contributed by atoms with Gasteiger partial charge in [0, 0.05) is 13.1 Å². The summed E-state index contributed by atoms with van der Waals surface area (Å²) in [4.78, 5) is 2.38. The van der Waals surface area contributed by atoms with Crippen LogP contribution >= 0.6 is 0 Å². The van der Waals surface area contributed by atoms with Crippen molar-refractivity contribution in [2.75, 3.05) is 23.7 Å². The molecule has 100 valence electrons. The topological polar surface area (TPSA) is 60.0 Å². The third-order valence-corrected chi connectivity index (χ3v) is 3.85. The summed E-state index contributed by atoms with van der Waals surface area (Å²) in [5.74, 6) is 0.828. The minimum absolute atomic E-state index is 0.820. The Morgan fingerprint density at radius 1 is 1.16 bits per heavy atom. The monoisotopic (exact) mass is 257 g/mol. The van der Waals surface area contributed by atoms with E-state index in [4.69, 9.17) is 5.73 Å². The summed E-state index contributed by atoms with van der Waals surface area (Å²) in [7, 11) is 0. The predicted molar refractivity (Wildman–Crippen MR) is 76.4 cm³/mol. The van der Waals surface area contributed by atoms with Crippen LogP contribution in [-0.4, -0.2) is 27.9 Å². The molecular weight excluding hydrogens is 238 g/mol. The number of nitrogen functional groups attached to an aromatic ring is 1. The Kier molecular flexibility index (Phi) is 3.11. The van der Waals surface area contributed by atoms with Crippen LogP contribution in [0.5, 0.6) is 0 Å². The van der Waals surface area contributed by atoms with E-state index in [-0.39, 0.29) is 0 Å². The molecule has 5 nitrogen and oxygen atoms in total. The van der Waals surface area contributed by atoms with Crippen molar-refractivity contribution in [1.82, 2.24) is 14.8 Å². The van der Waals surface area contributed by atoms with E-state index in [1.165, 1.54) is 12.8 Å². The molecule has 19 heavy (non-hydrogen) atoms. The van der Waals surface area contributed by atoms with Gasteiger partial charge in [-0.15, -0.1) is 10.2 Å². The highest BCUT2D eigenvalue weighted by atomic mass is 15.2. The number of hydrogen-bond acceptors (Lipinski definition) is 4. The number of nitrogens with two attached hydrogens (primary N) is 1. The van der Waals surface area contributed by atoms with Gasteiger partial charge in [0.1, 0.15) is 12.7 Å². The van der Waals surface area contributed by atoms with Gasteiger partial charge in [-0.2, -0.15) is 0 Å². The maximum atomic E-state index is 6.20. The number of aromatic nitrogens is 3. The molecule has 0 atom stereocenters. The Balaban J connectivity index is 1.84. The fraction of sp³-hybridized carbons (Fsp3) is 0.429. The molecule has 1 saturated heterocycles. The van der Waals surface area contributed by atoms with Crippen molar-refractivity contribution < 1.29 is 0 Å². The van der Waals surface area contributed by atoms with Crippen molar-refractivity contribution in [3.8, 4) is 5.69 Å². The molecule has 1 fully saturated rings. The second kappa shape index (κ2) is 4.91. The molecule has 1 aromatic carbocycles. The lowest BCUT2D eigenvalue weighted by Crippen LogP contribution is -2.33. The molecule has 3 rings (SSSR count). The van der Waals surface area contributed by atoms with Crippen LogP contribution in [-0.2, 0) is 0 Å². The van der Waals surface area contributed by atoms with Crippen LogP contribution in [0, 0.1) is 5.92 Å². The number of rotatable bonds is 2. The fourth-order valence-electron chi connectivity index (χ4n) is 2.57. The molecule has 2 aromatic rings. The van der Waals surface area contributed by atoms with E-state index in [0.29, 0.717) is 0 Å². The molecule has 0 unspecified atom stereocenters. The van der Waals surface area contributed by atoms with Crippen molar-refractivity contribution >= 4 is 11.4 Å². The molecule has 0 spiro atoms. The lowest BCUT2D eigenvalue weighted by molar-refractivity contribution is 0.439. The van der Waals surface area contributed by atoms with E-state index in [1.54, 1.807) is 12.7 Å². The standard InChI is InChI=1S/C14H19N5/c1-11-4-6-18(7-5-11)14-3-2-12(8-13(14)15)19-9-16-17-10-19/h2-3,8-11H,4-7,15H2,1H3. The zero-order chi connectivity index (χ0) is 13.2. The van der Waals surface area contributed by atoms with Crippen molar-refractivity contribution in [2.45, 2.75) is 19.8 Å². The summed E-state index contributed by atoms with van der Waals surface area (Å²) in [6.45, 7) is 4.50. The molecule has 0 aliphatic carbocycles. The van der Waals surface area contributed by atoms with Crippen LogP contribution in [0.1, 0.15) is 19.8 Å². The van der Waals surface area contributed by atoms with Crippen LogP contribution in [0.25, 0.3) is 5.69 Å². The van der Waals surface area contributed by atoms with E-state index < -0.39 is 0 Å². The van der Waals surface area contributed by atoms with Crippen molar-refractivity contribution in [2.24, 2.45) is 5.92 Å². The first-order valence-electron chi connectivity index (χ1n) is 6.73. The van der Waals surface area contributed by atoms with Gasteiger partial charge in [-0.3, -0.25) is 4.57 Å². The minimum atomic E-state index is 0.820. The van der Waals surface area contributed by atoms with Gasteiger partial charge in [-0.1, -0.05) is 6.92 Å². The average Bonchev–Trinajstić information content (AvgIpc) is 2.94. The van der Waals surface area contributed by atoms with Gasteiger partial charge in [0.05, 0.1) is 17.1 Å². The van der Waals surface area contributed by atoms with Gasteiger partial charge in [0.2, 0.25) is 0 Å². The first kappa shape index (κ1) is 12.0. The molecule has 1 aliphatic heterocycles. The molecule has 2 heterocycles. The van der Waals surface area contributed by atoms with Gasteiger partial charge in [0.15, 0.2) is 0 Å². The average molecular weight is 257 g/mol. The summed E-state index contributed by atoms with van der Waals surface area (Å²) in [6, 6.07) is 6.14. The lowest BCUT2D eigenvalue weighted by Gasteiger charge is -2.33. The molecular formula is C14H19N5. The van der Waals surface area contributed by atoms with E-state index >= 15 is 0 Å². The Morgan fingerprint density at radius 2 is 1.84 bits per heavy atom. The van der Waals surface area contributed by atoms with E-state index in [0.717, 1.165) is 36.1 Å². The van der Waals surface area contributed by atoms with Crippen molar-refractivity contribution in [1.29, 1.82) is 0 Å². The maximum Gasteiger partial charge on any atom is 0.123 e. The normalized spacial score (nSPS) is 16.8. The van der Waals surface area contributed by atoms with E-state index in [1.807, 2.05) is 10.6 Å².